The number of amides is 3. The van der Waals surface area contributed by atoms with Crippen LogP contribution >= 0.6 is 0 Å². The van der Waals surface area contributed by atoms with Gasteiger partial charge in [-0.3, -0.25) is 19.7 Å². The Balaban J connectivity index is 1.39. The van der Waals surface area contributed by atoms with E-state index >= 15 is 0 Å². The molecule has 0 radical (unpaired) electrons. The van der Waals surface area contributed by atoms with Gasteiger partial charge in [-0.2, -0.15) is 0 Å². The lowest BCUT2D eigenvalue weighted by molar-refractivity contribution is -0.136. The predicted octanol–water partition coefficient (Wildman–Crippen LogP) is 1.32. The van der Waals surface area contributed by atoms with Crippen LogP contribution in [0.2, 0.25) is 0 Å². The Bertz CT molecular complexity index is 825. The van der Waals surface area contributed by atoms with Crippen LogP contribution in [0.15, 0.2) is 18.2 Å². The van der Waals surface area contributed by atoms with Crippen LogP contribution in [0.25, 0.3) is 0 Å². The summed E-state index contributed by atoms with van der Waals surface area (Å²) in [5, 5.41) is 9.46. The van der Waals surface area contributed by atoms with Crippen molar-refractivity contribution in [2.24, 2.45) is 5.41 Å². The topological polar surface area (TPSA) is 90.5 Å². The number of nitrogens with one attached hydrogen (secondary N) is 3. The number of hydrogen-bond acceptors (Lipinski definition) is 5. The molecule has 2 fully saturated rings. The predicted molar refractivity (Wildman–Crippen MR) is 109 cm³/mol. The van der Waals surface area contributed by atoms with E-state index in [9.17, 15) is 14.4 Å². The monoisotopic (exact) mass is 398 g/mol. The first-order valence-electron chi connectivity index (χ1n) is 10.5. The van der Waals surface area contributed by atoms with E-state index in [4.69, 9.17) is 0 Å². The fourth-order valence-electron chi connectivity index (χ4n) is 4.57. The molecule has 0 bridgehead atoms. The number of carbonyl (C=O) groups is 3. The molecule has 3 amide bonds. The molecule has 3 aliphatic heterocycles. The number of nitrogens with zero attached hydrogens (tertiary/aromatic N) is 1. The number of rotatable bonds is 5. The maximum absolute atomic E-state index is 13.1. The van der Waals surface area contributed by atoms with Gasteiger partial charge in [0.25, 0.3) is 5.91 Å². The molecule has 2 atom stereocenters. The maximum atomic E-state index is 13.1. The molecule has 156 valence electrons. The standard InChI is InChI=1S/C22H30N4O3/c1-22(2)9-8-16(24-13-22)11-23-10-14-4-3-5-15-12-26(21(29)19(14)15)17-6-7-18(27)25-20(17)28/h3-5,16-17,23-24H,6-13H2,1-2H3,(H,25,27,28). The Morgan fingerprint density at radius 1 is 1.21 bits per heavy atom. The third kappa shape index (κ3) is 4.21. The summed E-state index contributed by atoms with van der Waals surface area (Å²) in [4.78, 5) is 38.4. The van der Waals surface area contributed by atoms with Gasteiger partial charge in [0.05, 0.1) is 0 Å². The van der Waals surface area contributed by atoms with Crippen molar-refractivity contribution in [3.05, 3.63) is 34.9 Å². The Labute approximate surface area is 171 Å². The molecule has 3 heterocycles. The average Bonchev–Trinajstić information content (AvgIpc) is 3.00. The number of imide groups is 1. The lowest BCUT2D eigenvalue weighted by Crippen LogP contribution is -2.52. The van der Waals surface area contributed by atoms with Gasteiger partial charge in [-0.05, 0) is 35.8 Å². The lowest BCUT2D eigenvalue weighted by Gasteiger charge is -2.35. The molecule has 0 spiro atoms. The van der Waals surface area contributed by atoms with E-state index in [-0.39, 0.29) is 24.1 Å². The second-order valence-corrected chi connectivity index (χ2v) is 9.26. The van der Waals surface area contributed by atoms with Crippen molar-refractivity contribution in [1.29, 1.82) is 0 Å². The number of piperidine rings is 2. The normalized spacial score (nSPS) is 26.4. The van der Waals surface area contributed by atoms with E-state index in [2.05, 4.69) is 29.8 Å². The first kappa shape index (κ1) is 20.0. The van der Waals surface area contributed by atoms with Gasteiger partial charge in [0, 0.05) is 44.2 Å². The second kappa shape index (κ2) is 7.88. The van der Waals surface area contributed by atoms with Gasteiger partial charge in [0.1, 0.15) is 6.04 Å². The quantitative estimate of drug-likeness (QED) is 0.651. The smallest absolute Gasteiger partial charge is 0.255 e. The summed E-state index contributed by atoms with van der Waals surface area (Å²) in [6.07, 6.45) is 3.03. The van der Waals surface area contributed by atoms with E-state index in [0.717, 1.165) is 30.6 Å². The first-order valence-corrected chi connectivity index (χ1v) is 10.5. The van der Waals surface area contributed by atoms with Gasteiger partial charge in [0.2, 0.25) is 11.8 Å². The Hall–Kier alpha value is -2.25. The molecule has 0 aliphatic carbocycles. The number of hydrogen-bond donors (Lipinski definition) is 3. The highest BCUT2D eigenvalue weighted by atomic mass is 16.2. The minimum atomic E-state index is -0.566. The molecule has 3 aliphatic rings. The van der Waals surface area contributed by atoms with Crippen LogP contribution in [0, 0.1) is 5.41 Å². The van der Waals surface area contributed by atoms with Gasteiger partial charge in [0.15, 0.2) is 0 Å². The summed E-state index contributed by atoms with van der Waals surface area (Å²) in [5.74, 6) is -0.738. The van der Waals surface area contributed by atoms with Crippen LogP contribution in [0.4, 0.5) is 0 Å². The van der Waals surface area contributed by atoms with Crippen LogP contribution in [-0.4, -0.2) is 47.8 Å². The van der Waals surface area contributed by atoms with Crippen LogP contribution in [-0.2, 0) is 22.7 Å². The van der Waals surface area contributed by atoms with Crippen molar-refractivity contribution >= 4 is 17.7 Å². The molecule has 2 unspecified atom stereocenters. The summed E-state index contributed by atoms with van der Waals surface area (Å²) in [7, 11) is 0. The van der Waals surface area contributed by atoms with Crippen molar-refractivity contribution in [3.63, 3.8) is 0 Å². The van der Waals surface area contributed by atoms with Gasteiger partial charge >= 0.3 is 0 Å². The zero-order valence-electron chi connectivity index (χ0n) is 17.2. The van der Waals surface area contributed by atoms with Gasteiger partial charge in [-0.25, -0.2) is 0 Å². The lowest BCUT2D eigenvalue weighted by atomic mass is 9.82. The summed E-state index contributed by atoms with van der Waals surface area (Å²) in [5.41, 5.74) is 3.00. The van der Waals surface area contributed by atoms with E-state index in [1.807, 2.05) is 18.2 Å². The van der Waals surface area contributed by atoms with Crippen molar-refractivity contribution in [2.45, 2.75) is 64.7 Å². The Morgan fingerprint density at radius 2 is 2.03 bits per heavy atom. The molecule has 4 rings (SSSR count). The van der Waals surface area contributed by atoms with Crippen LogP contribution in [0.5, 0.6) is 0 Å². The highest BCUT2D eigenvalue weighted by Crippen LogP contribution is 2.30. The van der Waals surface area contributed by atoms with E-state index in [0.29, 0.717) is 36.5 Å². The van der Waals surface area contributed by atoms with Gasteiger partial charge in [-0.15, -0.1) is 0 Å². The van der Waals surface area contributed by atoms with Crippen LogP contribution in [0.1, 0.15) is 61.0 Å². The fourth-order valence-corrected chi connectivity index (χ4v) is 4.57. The molecular weight excluding hydrogens is 368 g/mol. The summed E-state index contributed by atoms with van der Waals surface area (Å²) < 4.78 is 0. The Morgan fingerprint density at radius 3 is 2.76 bits per heavy atom. The van der Waals surface area contributed by atoms with Gasteiger partial charge in [-0.1, -0.05) is 32.0 Å². The summed E-state index contributed by atoms with van der Waals surface area (Å²) >= 11 is 0. The highest BCUT2D eigenvalue weighted by molar-refractivity contribution is 6.05. The third-order valence-electron chi connectivity index (χ3n) is 6.38. The second-order valence-electron chi connectivity index (χ2n) is 9.26. The Kier molecular flexibility index (Phi) is 5.44. The van der Waals surface area contributed by atoms with Crippen LogP contribution < -0.4 is 16.0 Å². The molecule has 7 heteroatoms. The van der Waals surface area contributed by atoms with E-state index < -0.39 is 6.04 Å². The van der Waals surface area contributed by atoms with Crippen molar-refractivity contribution in [2.75, 3.05) is 13.1 Å². The molecule has 0 saturated carbocycles. The fraction of sp³-hybridized carbons (Fsp3) is 0.591. The highest BCUT2D eigenvalue weighted by Gasteiger charge is 2.39. The molecule has 3 N–H and O–H groups in total. The van der Waals surface area contributed by atoms with Crippen molar-refractivity contribution in [3.8, 4) is 0 Å². The van der Waals surface area contributed by atoms with Crippen molar-refractivity contribution in [1.82, 2.24) is 20.9 Å². The molecule has 0 aromatic heterocycles. The molecule has 29 heavy (non-hydrogen) atoms. The largest absolute Gasteiger partial charge is 0.322 e. The molecule has 1 aromatic rings. The number of fused-ring (bicyclic) bond motifs is 1. The minimum absolute atomic E-state index is 0.107. The average molecular weight is 399 g/mol. The molecule has 7 nitrogen and oxygen atoms in total. The van der Waals surface area contributed by atoms with Crippen molar-refractivity contribution < 1.29 is 14.4 Å². The molecule has 2 saturated heterocycles. The minimum Gasteiger partial charge on any atom is -0.322 e. The molecule has 1 aromatic carbocycles. The summed E-state index contributed by atoms with van der Waals surface area (Å²) in [6.45, 7) is 7.52. The SMILES string of the molecule is CC1(C)CCC(CNCc2cccc3c2C(=O)N(C2CCC(=O)NC2=O)C3)NC1. The van der Waals surface area contributed by atoms with Gasteiger partial charge < -0.3 is 15.5 Å². The maximum Gasteiger partial charge on any atom is 0.255 e. The van der Waals surface area contributed by atoms with E-state index in [1.54, 1.807) is 4.90 Å². The van der Waals surface area contributed by atoms with E-state index in [1.165, 1.54) is 6.42 Å². The molecular formula is C22H30N4O3. The van der Waals surface area contributed by atoms with Crippen LogP contribution in [0.3, 0.4) is 0 Å². The number of carbonyl (C=O) groups excluding carboxylic acids is 3. The summed E-state index contributed by atoms with van der Waals surface area (Å²) in [6, 6.07) is 5.79. The number of benzene rings is 1. The first-order chi connectivity index (χ1) is 13.8. The third-order valence-corrected chi connectivity index (χ3v) is 6.38. The zero-order valence-corrected chi connectivity index (χ0v) is 17.2. The zero-order chi connectivity index (χ0) is 20.6.